The highest BCUT2D eigenvalue weighted by Crippen LogP contribution is 2.30. The average Bonchev–Trinajstić information content (AvgIpc) is 2.69. The molecule has 2 amide bonds. The van der Waals surface area contributed by atoms with E-state index in [2.05, 4.69) is 5.32 Å². The van der Waals surface area contributed by atoms with Gasteiger partial charge in [0.25, 0.3) is 5.91 Å². The van der Waals surface area contributed by atoms with Gasteiger partial charge in [-0.15, -0.1) is 0 Å². The van der Waals surface area contributed by atoms with E-state index in [0.29, 0.717) is 12.1 Å². The second-order valence-corrected chi connectivity index (χ2v) is 8.56. The summed E-state index contributed by atoms with van der Waals surface area (Å²) in [5.74, 6) is -0.473. The van der Waals surface area contributed by atoms with E-state index in [-0.39, 0.29) is 23.8 Å². The lowest BCUT2D eigenvalue weighted by atomic mass is 9.85. The molecule has 0 saturated heterocycles. The molecule has 31 heavy (non-hydrogen) atoms. The molecule has 1 N–H and O–H groups in total. The van der Waals surface area contributed by atoms with Crippen molar-refractivity contribution in [1.29, 1.82) is 0 Å². The second-order valence-electron chi connectivity index (χ2n) is 8.56. The van der Waals surface area contributed by atoms with Gasteiger partial charge in [-0.05, 0) is 68.1 Å². The molecule has 0 bridgehead atoms. The molecule has 0 aliphatic heterocycles. The quantitative estimate of drug-likeness (QED) is 0.642. The van der Waals surface area contributed by atoms with Crippen LogP contribution in [-0.2, 0) is 11.3 Å². The highest BCUT2D eigenvalue weighted by molar-refractivity contribution is 5.95. The van der Waals surface area contributed by atoms with Crippen molar-refractivity contribution in [1.82, 2.24) is 4.90 Å². The molecule has 6 heteroatoms. The van der Waals surface area contributed by atoms with Crippen LogP contribution in [0.1, 0.15) is 55.5 Å². The van der Waals surface area contributed by atoms with Crippen LogP contribution in [0.4, 0.5) is 15.8 Å². The van der Waals surface area contributed by atoms with Gasteiger partial charge in [-0.2, -0.15) is 0 Å². The monoisotopic (exact) mass is 425 g/mol. The fourth-order valence-corrected chi connectivity index (χ4v) is 3.76. The van der Waals surface area contributed by atoms with Crippen molar-refractivity contribution in [3.8, 4) is 0 Å². The summed E-state index contributed by atoms with van der Waals surface area (Å²) < 4.78 is 13.7. The molecule has 0 radical (unpaired) electrons. The predicted octanol–water partition coefficient (Wildman–Crippen LogP) is 5.07. The Balaban J connectivity index is 1.90. The minimum atomic E-state index is -0.426. The number of amides is 2. The summed E-state index contributed by atoms with van der Waals surface area (Å²) in [6.45, 7) is 4.39. The fraction of sp³-hybridized carbons (Fsp3) is 0.440. The molecular weight excluding hydrogens is 393 g/mol. The summed E-state index contributed by atoms with van der Waals surface area (Å²) in [5, 5.41) is 3.02. The zero-order valence-corrected chi connectivity index (χ0v) is 18.8. The Morgan fingerprint density at radius 3 is 2.48 bits per heavy atom. The Bertz CT molecular complexity index is 940. The normalized spacial score (nSPS) is 14.5. The van der Waals surface area contributed by atoms with Crippen LogP contribution in [0.25, 0.3) is 0 Å². The SMILES string of the molecule is CCC(C)N(Cc1cc(NC(=O)C2CCC2)ccc1N(C)C)C(=O)c1cccc(F)c1. The van der Waals surface area contributed by atoms with Crippen molar-refractivity contribution < 1.29 is 14.0 Å². The third kappa shape index (κ3) is 5.43. The summed E-state index contributed by atoms with van der Waals surface area (Å²) in [7, 11) is 3.90. The van der Waals surface area contributed by atoms with E-state index in [9.17, 15) is 14.0 Å². The minimum absolute atomic E-state index is 0.0287. The van der Waals surface area contributed by atoms with Crippen LogP contribution in [0.3, 0.4) is 0 Å². The summed E-state index contributed by atoms with van der Waals surface area (Å²) in [4.78, 5) is 29.4. The van der Waals surface area contributed by atoms with Crippen LogP contribution in [0.2, 0.25) is 0 Å². The van der Waals surface area contributed by atoms with E-state index < -0.39 is 5.82 Å². The van der Waals surface area contributed by atoms with E-state index in [4.69, 9.17) is 0 Å². The first-order chi connectivity index (χ1) is 14.8. The van der Waals surface area contributed by atoms with Crippen molar-refractivity contribution >= 4 is 23.2 Å². The smallest absolute Gasteiger partial charge is 0.254 e. The van der Waals surface area contributed by atoms with Crippen LogP contribution >= 0.6 is 0 Å². The number of hydrogen-bond acceptors (Lipinski definition) is 3. The van der Waals surface area contributed by atoms with Crippen molar-refractivity contribution in [2.45, 2.75) is 52.1 Å². The predicted molar refractivity (Wildman–Crippen MR) is 123 cm³/mol. The van der Waals surface area contributed by atoms with Gasteiger partial charge in [0.05, 0.1) is 0 Å². The van der Waals surface area contributed by atoms with E-state index >= 15 is 0 Å². The molecule has 0 spiro atoms. The molecule has 166 valence electrons. The van der Waals surface area contributed by atoms with Gasteiger partial charge in [-0.3, -0.25) is 9.59 Å². The lowest BCUT2D eigenvalue weighted by molar-refractivity contribution is -0.122. The lowest BCUT2D eigenvalue weighted by Crippen LogP contribution is -2.38. The highest BCUT2D eigenvalue weighted by atomic mass is 19.1. The summed E-state index contributed by atoms with van der Waals surface area (Å²) >= 11 is 0. The van der Waals surface area contributed by atoms with Crippen LogP contribution in [-0.4, -0.2) is 36.9 Å². The number of hydrogen-bond donors (Lipinski definition) is 1. The Hall–Kier alpha value is -2.89. The second kappa shape index (κ2) is 9.94. The van der Waals surface area contributed by atoms with Gasteiger partial charge >= 0.3 is 0 Å². The summed E-state index contributed by atoms with van der Waals surface area (Å²) in [5.41, 5.74) is 2.98. The largest absolute Gasteiger partial charge is 0.377 e. The maximum absolute atomic E-state index is 13.7. The van der Waals surface area contributed by atoms with Crippen LogP contribution in [0, 0.1) is 11.7 Å². The van der Waals surface area contributed by atoms with Gasteiger partial charge in [0.2, 0.25) is 5.91 Å². The molecule has 0 aromatic heterocycles. The molecule has 5 nitrogen and oxygen atoms in total. The maximum Gasteiger partial charge on any atom is 0.254 e. The third-order valence-electron chi connectivity index (χ3n) is 6.10. The molecule has 1 atom stereocenters. The van der Waals surface area contributed by atoms with Gasteiger partial charge in [-0.25, -0.2) is 4.39 Å². The molecule has 1 aliphatic carbocycles. The molecule has 1 fully saturated rings. The zero-order chi connectivity index (χ0) is 22.5. The first-order valence-corrected chi connectivity index (χ1v) is 11.0. The highest BCUT2D eigenvalue weighted by Gasteiger charge is 2.26. The Morgan fingerprint density at radius 2 is 1.90 bits per heavy atom. The lowest BCUT2D eigenvalue weighted by Gasteiger charge is -2.31. The van der Waals surface area contributed by atoms with Gasteiger partial charge < -0.3 is 15.1 Å². The van der Waals surface area contributed by atoms with E-state index in [1.165, 1.54) is 12.1 Å². The minimum Gasteiger partial charge on any atom is -0.377 e. The van der Waals surface area contributed by atoms with Gasteiger partial charge in [-0.1, -0.05) is 19.4 Å². The molecule has 3 rings (SSSR count). The van der Waals surface area contributed by atoms with Crippen LogP contribution in [0.5, 0.6) is 0 Å². The number of benzene rings is 2. The average molecular weight is 426 g/mol. The number of halogens is 1. The van der Waals surface area contributed by atoms with Crippen molar-refractivity contribution in [3.05, 3.63) is 59.4 Å². The molecule has 1 aliphatic rings. The van der Waals surface area contributed by atoms with Gasteiger partial charge in [0.1, 0.15) is 5.82 Å². The number of nitrogens with one attached hydrogen (secondary N) is 1. The van der Waals surface area contributed by atoms with E-state index in [1.54, 1.807) is 17.0 Å². The first-order valence-electron chi connectivity index (χ1n) is 11.0. The number of nitrogens with zero attached hydrogens (tertiary/aromatic N) is 2. The molecule has 0 heterocycles. The van der Waals surface area contributed by atoms with Crippen LogP contribution < -0.4 is 10.2 Å². The molecule has 2 aromatic carbocycles. The Labute approximate surface area is 184 Å². The topological polar surface area (TPSA) is 52.7 Å². The number of rotatable bonds is 8. The maximum atomic E-state index is 13.7. The molecule has 1 saturated carbocycles. The van der Waals surface area contributed by atoms with Crippen molar-refractivity contribution in [3.63, 3.8) is 0 Å². The van der Waals surface area contributed by atoms with Crippen molar-refractivity contribution in [2.24, 2.45) is 5.92 Å². The fourth-order valence-electron chi connectivity index (χ4n) is 3.76. The van der Waals surface area contributed by atoms with Gasteiger partial charge in [0, 0.05) is 49.5 Å². The third-order valence-corrected chi connectivity index (χ3v) is 6.10. The standard InChI is InChI=1S/C25H32FN3O2/c1-5-17(2)29(25(31)19-10-7-11-21(26)14-19)16-20-15-22(12-13-23(20)28(3)4)27-24(30)18-8-6-9-18/h7,10-15,17-18H,5-6,8-9,16H2,1-4H3,(H,27,30). The van der Waals surface area contributed by atoms with Crippen LogP contribution in [0.15, 0.2) is 42.5 Å². The zero-order valence-electron chi connectivity index (χ0n) is 18.8. The summed E-state index contributed by atoms with van der Waals surface area (Å²) in [6.07, 6.45) is 3.77. The van der Waals surface area contributed by atoms with Gasteiger partial charge in [0.15, 0.2) is 0 Å². The number of carbonyl (C=O) groups is 2. The molecule has 1 unspecified atom stereocenters. The summed E-state index contributed by atoms with van der Waals surface area (Å²) in [6, 6.07) is 11.6. The van der Waals surface area contributed by atoms with Crippen molar-refractivity contribution in [2.75, 3.05) is 24.3 Å². The van der Waals surface area contributed by atoms with E-state index in [1.807, 2.05) is 51.0 Å². The first kappa shape index (κ1) is 22.8. The number of anilines is 2. The molecule has 2 aromatic rings. The molecular formula is C25H32FN3O2. The Morgan fingerprint density at radius 1 is 1.16 bits per heavy atom. The number of carbonyl (C=O) groups excluding carboxylic acids is 2. The van der Waals surface area contributed by atoms with E-state index in [0.717, 1.165) is 42.6 Å². The Kier molecular flexibility index (Phi) is 7.31.